The highest BCUT2D eigenvalue weighted by molar-refractivity contribution is 7.57. The second-order valence-corrected chi connectivity index (χ2v) is 15.6. The first-order valence-electron chi connectivity index (χ1n) is 19.6. The topological polar surface area (TPSA) is 92.8 Å². The summed E-state index contributed by atoms with van der Waals surface area (Å²) in [4.78, 5) is 18.7. The van der Waals surface area contributed by atoms with Crippen molar-refractivity contribution in [1.82, 2.24) is 5.06 Å². The molecule has 59 heavy (non-hydrogen) atoms. The van der Waals surface area contributed by atoms with Gasteiger partial charge in [0.15, 0.2) is 0 Å². The van der Waals surface area contributed by atoms with Crippen LogP contribution in [0.15, 0.2) is 194 Å². The van der Waals surface area contributed by atoms with Crippen LogP contribution in [0.3, 0.4) is 0 Å². The van der Waals surface area contributed by atoms with Gasteiger partial charge < -0.3 is 23.3 Å². The van der Waals surface area contributed by atoms with Crippen molar-refractivity contribution in [2.75, 3.05) is 6.54 Å². The van der Waals surface area contributed by atoms with Gasteiger partial charge in [-0.1, -0.05) is 182 Å². The quantitative estimate of drug-likeness (QED) is 0.0321. The highest BCUT2D eigenvalue weighted by atomic mass is 31.2. The summed E-state index contributed by atoms with van der Waals surface area (Å²) in [5.41, 5.74) is 5.33. The van der Waals surface area contributed by atoms with Crippen molar-refractivity contribution in [3.63, 3.8) is 0 Å². The lowest BCUT2D eigenvalue weighted by Gasteiger charge is -2.34. The average Bonchev–Trinajstić information content (AvgIpc) is 3.30. The van der Waals surface area contributed by atoms with Crippen molar-refractivity contribution >= 4 is 14.0 Å². The van der Waals surface area contributed by atoms with Gasteiger partial charge >= 0.3 is 7.60 Å². The third kappa shape index (κ3) is 15.0. The van der Waals surface area contributed by atoms with Gasteiger partial charge in [0.25, 0.3) is 0 Å². The molecule has 6 rings (SSSR count). The van der Waals surface area contributed by atoms with Gasteiger partial charge in [-0.3, -0.25) is 14.2 Å². The number of carbonyl (C=O) groups is 1. The van der Waals surface area contributed by atoms with Gasteiger partial charge in [0.1, 0.15) is 24.9 Å². The Morgan fingerprint density at radius 3 is 1.22 bits per heavy atom. The Hall–Kier alpha value is -5.48. The molecule has 6 aromatic carbocycles. The summed E-state index contributed by atoms with van der Waals surface area (Å²) in [6.07, 6.45) is -0.283. The minimum absolute atomic E-state index is 0.0195. The van der Waals surface area contributed by atoms with Crippen LogP contribution in [0.1, 0.15) is 33.4 Å². The number of hydroxylamine groups is 2. The van der Waals surface area contributed by atoms with Crippen LogP contribution in [-0.4, -0.2) is 36.3 Å². The summed E-state index contributed by atoms with van der Waals surface area (Å²) in [5, 5.41) is 1.22. The predicted molar refractivity (Wildman–Crippen MR) is 228 cm³/mol. The van der Waals surface area contributed by atoms with Crippen molar-refractivity contribution in [3.8, 4) is 0 Å². The minimum Gasteiger partial charge on any atom is -0.369 e. The number of carbonyl (C=O) groups excluding carboxylic acids is 1. The lowest BCUT2D eigenvalue weighted by atomic mass is 10.1. The van der Waals surface area contributed by atoms with Crippen LogP contribution in [0.25, 0.3) is 0 Å². The van der Waals surface area contributed by atoms with Crippen LogP contribution in [0.5, 0.6) is 0 Å². The molecule has 0 aliphatic carbocycles. The zero-order valence-corrected chi connectivity index (χ0v) is 33.8. The Morgan fingerprint density at radius 2 is 0.814 bits per heavy atom. The van der Waals surface area contributed by atoms with Gasteiger partial charge in [-0.2, -0.15) is 0 Å². The van der Waals surface area contributed by atoms with E-state index >= 15 is 0 Å². The van der Waals surface area contributed by atoms with E-state index in [1.807, 2.05) is 182 Å². The van der Waals surface area contributed by atoms with Crippen LogP contribution in [0, 0.1) is 0 Å². The molecule has 3 atom stereocenters. The molecule has 0 saturated carbocycles. The Labute approximate surface area is 347 Å². The third-order valence-corrected chi connectivity index (χ3v) is 10.8. The van der Waals surface area contributed by atoms with Crippen molar-refractivity contribution in [2.24, 2.45) is 0 Å². The Morgan fingerprint density at radius 1 is 0.458 bits per heavy atom. The van der Waals surface area contributed by atoms with Crippen molar-refractivity contribution in [2.45, 2.75) is 58.0 Å². The number of amides is 1. The first-order chi connectivity index (χ1) is 29.0. The molecule has 0 unspecified atom stereocenters. The number of nitrogens with zero attached hydrogens (tertiary/aromatic N) is 1. The second kappa shape index (κ2) is 23.8. The molecule has 0 N–H and O–H groups in total. The molecule has 9 nitrogen and oxygen atoms in total. The zero-order valence-electron chi connectivity index (χ0n) is 32.9. The van der Waals surface area contributed by atoms with Crippen LogP contribution in [-0.2, 0) is 77.1 Å². The second-order valence-electron chi connectivity index (χ2n) is 13.7. The first kappa shape index (κ1) is 43.1. The van der Waals surface area contributed by atoms with Gasteiger partial charge in [0, 0.05) is 5.82 Å². The molecule has 0 aliphatic heterocycles. The number of rotatable bonds is 25. The fourth-order valence-electron chi connectivity index (χ4n) is 6.06. The highest BCUT2D eigenvalue weighted by Gasteiger charge is 2.34. The van der Waals surface area contributed by atoms with E-state index in [1.54, 1.807) is 6.08 Å². The van der Waals surface area contributed by atoms with E-state index in [0.29, 0.717) is 6.41 Å². The molecule has 0 spiro atoms. The fraction of sp³-hybridized carbons (Fsp3) is 0.204. The van der Waals surface area contributed by atoms with E-state index in [2.05, 4.69) is 0 Å². The average molecular weight is 812 g/mol. The summed E-state index contributed by atoms with van der Waals surface area (Å²) >= 11 is 0. The maximum Gasteiger partial charge on any atom is 0.354 e. The van der Waals surface area contributed by atoms with E-state index < -0.39 is 25.9 Å². The molecule has 0 aliphatic rings. The summed E-state index contributed by atoms with van der Waals surface area (Å²) < 4.78 is 47.2. The number of ether oxygens (including phenoxy) is 3. The monoisotopic (exact) mass is 811 g/mol. The summed E-state index contributed by atoms with van der Waals surface area (Å²) in [7, 11) is -3.94. The summed E-state index contributed by atoms with van der Waals surface area (Å²) in [6, 6.07) is 57.9. The van der Waals surface area contributed by atoms with Crippen molar-refractivity contribution < 1.29 is 37.5 Å². The normalized spacial score (nSPS) is 13.2. The summed E-state index contributed by atoms with van der Waals surface area (Å²) in [6.45, 7) is 0.829. The minimum atomic E-state index is -3.94. The molecular weight excluding hydrogens is 762 g/mol. The van der Waals surface area contributed by atoms with Crippen LogP contribution in [0.2, 0.25) is 0 Å². The van der Waals surface area contributed by atoms with E-state index in [4.69, 9.17) is 28.1 Å². The molecule has 10 heteroatoms. The number of hydrogen-bond acceptors (Lipinski definition) is 8. The molecule has 0 heterocycles. The molecule has 0 bridgehead atoms. The van der Waals surface area contributed by atoms with Crippen molar-refractivity contribution in [3.05, 3.63) is 227 Å². The predicted octanol–water partition coefficient (Wildman–Crippen LogP) is 10.5. The molecule has 1 amide bonds. The molecule has 0 aromatic heterocycles. The zero-order chi connectivity index (χ0) is 40.8. The number of benzene rings is 6. The van der Waals surface area contributed by atoms with Gasteiger partial charge in [-0.15, -0.1) is 0 Å². The molecule has 0 fully saturated rings. The highest BCUT2D eigenvalue weighted by Crippen LogP contribution is 2.51. The Bertz CT molecular complexity index is 2080. The summed E-state index contributed by atoms with van der Waals surface area (Å²) in [5.74, 6) is 1.45. The smallest absolute Gasteiger partial charge is 0.354 e. The molecule has 0 saturated heterocycles. The Kier molecular flexibility index (Phi) is 17.4. The molecule has 6 aromatic rings. The molecule has 0 radical (unpaired) electrons. The first-order valence-corrected chi connectivity index (χ1v) is 21.2. The van der Waals surface area contributed by atoms with Crippen LogP contribution < -0.4 is 0 Å². The standard InChI is InChI=1S/C49H50NO8P/c51-40-50(56-37-44-25-13-4-14-26-44)33-48(54-35-42-21-9-2-10-22-42)49(55-36-43-23-11-3-12-24-43)47(53-34-41-19-7-1-8-20-41)31-32-59(52,57-38-45-27-15-5-16-28-45)58-39-46-29-17-6-18-30-46/h1-32,40,47-49H,33-39H2/b32-31+/t47-,48+,49-/m1/s1. The lowest BCUT2D eigenvalue weighted by molar-refractivity contribution is -0.205. The van der Waals surface area contributed by atoms with E-state index in [-0.39, 0.29) is 46.2 Å². The van der Waals surface area contributed by atoms with Crippen molar-refractivity contribution in [1.29, 1.82) is 0 Å². The maximum atomic E-state index is 14.7. The van der Waals surface area contributed by atoms with Crippen LogP contribution in [0.4, 0.5) is 0 Å². The van der Waals surface area contributed by atoms with E-state index in [9.17, 15) is 9.36 Å². The fourth-order valence-corrected chi connectivity index (χ4v) is 7.35. The van der Waals surface area contributed by atoms with Gasteiger partial charge in [-0.25, -0.2) is 5.06 Å². The number of hydrogen-bond donors (Lipinski definition) is 0. The van der Waals surface area contributed by atoms with Gasteiger partial charge in [-0.05, 0) is 39.5 Å². The molecular formula is C49H50NO8P. The van der Waals surface area contributed by atoms with E-state index in [0.717, 1.165) is 33.4 Å². The SMILES string of the molecule is O=CN(C[C@H](OCc1ccccc1)[C@H](OCc1ccccc1)[C@@H](/C=C/P(=O)(OCc1ccccc1)OCc1ccccc1)OCc1ccccc1)OCc1ccccc1. The van der Waals surface area contributed by atoms with Gasteiger partial charge in [0.2, 0.25) is 6.41 Å². The van der Waals surface area contributed by atoms with E-state index in [1.165, 1.54) is 10.9 Å². The Balaban J connectivity index is 1.36. The largest absolute Gasteiger partial charge is 0.369 e. The maximum absolute atomic E-state index is 14.7. The lowest BCUT2D eigenvalue weighted by Crippen LogP contribution is -2.47. The third-order valence-electron chi connectivity index (χ3n) is 9.25. The van der Waals surface area contributed by atoms with Gasteiger partial charge in [0.05, 0.1) is 39.6 Å². The van der Waals surface area contributed by atoms with Crippen LogP contribution >= 0.6 is 7.60 Å². The molecule has 304 valence electrons.